The molecule has 0 bridgehead atoms. The SMILES string of the molecule is C[C@@H](Nc1ccc(C=O)cc1[N+](=O)[O-])c1ccc(F)c(F)c1. The van der Waals surface area contributed by atoms with E-state index in [-0.39, 0.29) is 16.9 Å². The predicted octanol–water partition coefficient (Wildman–Crippen LogP) is 3.86. The number of halogens is 2. The number of aldehydes is 1. The molecule has 114 valence electrons. The third kappa shape index (κ3) is 3.25. The summed E-state index contributed by atoms with van der Waals surface area (Å²) >= 11 is 0. The van der Waals surface area contributed by atoms with Crippen molar-refractivity contribution in [3.63, 3.8) is 0 Å². The summed E-state index contributed by atoms with van der Waals surface area (Å²) in [5.41, 5.74) is 0.539. The van der Waals surface area contributed by atoms with E-state index in [9.17, 15) is 23.7 Å². The van der Waals surface area contributed by atoms with E-state index in [4.69, 9.17) is 0 Å². The summed E-state index contributed by atoms with van der Waals surface area (Å²) in [7, 11) is 0. The number of carbonyl (C=O) groups is 1. The van der Waals surface area contributed by atoms with Crippen molar-refractivity contribution in [3.05, 3.63) is 69.3 Å². The molecule has 0 amide bonds. The summed E-state index contributed by atoms with van der Waals surface area (Å²) in [6.07, 6.45) is 0.509. The highest BCUT2D eigenvalue weighted by Crippen LogP contribution is 2.29. The lowest BCUT2D eigenvalue weighted by Gasteiger charge is -2.16. The normalized spacial score (nSPS) is 11.8. The lowest BCUT2D eigenvalue weighted by atomic mass is 10.1. The highest BCUT2D eigenvalue weighted by molar-refractivity contribution is 5.79. The third-order valence-electron chi connectivity index (χ3n) is 3.17. The highest BCUT2D eigenvalue weighted by Gasteiger charge is 2.17. The van der Waals surface area contributed by atoms with Crippen molar-refractivity contribution in [2.75, 3.05) is 5.32 Å². The van der Waals surface area contributed by atoms with Crippen molar-refractivity contribution in [1.82, 2.24) is 0 Å². The maximum absolute atomic E-state index is 13.2. The first kappa shape index (κ1) is 15.6. The molecule has 0 unspecified atom stereocenters. The first-order chi connectivity index (χ1) is 10.4. The van der Waals surface area contributed by atoms with Gasteiger partial charge in [0.1, 0.15) is 12.0 Å². The molecule has 0 aliphatic rings. The van der Waals surface area contributed by atoms with Crippen LogP contribution >= 0.6 is 0 Å². The molecular formula is C15H12F2N2O3. The van der Waals surface area contributed by atoms with Gasteiger partial charge in [-0.2, -0.15) is 0 Å². The fraction of sp³-hybridized carbons (Fsp3) is 0.133. The maximum atomic E-state index is 13.2. The zero-order chi connectivity index (χ0) is 16.3. The summed E-state index contributed by atoms with van der Waals surface area (Å²) in [6.45, 7) is 1.66. The van der Waals surface area contributed by atoms with Gasteiger partial charge in [-0.1, -0.05) is 6.07 Å². The number of hydrogen-bond acceptors (Lipinski definition) is 4. The maximum Gasteiger partial charge on any atom is 0.293 e. The van der Waals surface area contributed by atoms with Crippen molar-refractivity contribution in [2.45, 2.75) is 13.0 Å². The number of anilines is 1. The zero-order valence-corrected chi connectivity index (χ0v) is 11.5. The van der Waals surface area contributed by atoms with Crippen LogP contribution in [0.25, 0.3) is 0 Å². The van der Waals surface area contributed by atoms with E-state index in [0.717, 1.165) is 18.2 Å². The minimum atomic E-state index is -0.989. The number of nitrogens with one attached hydrogen (secondary N) is 1. The first-order valence-electron chi connectivity index (χ1n) is 6.37. The fourth-order valence-electron chi connectivity index (χ4n) is 1.99. The highest BCUT2D eigenvalue weighted by atomic mass is 19.2. The fourth-order valence-corrected chi connectivity index (χ4v) is 1.99. The number of nitrogens with zero attached hydrogens (tertiary/aromatic N) is 1. The molecule has 0 heterocycles. The Bertz CT molecular complexity index is 735. The first-order valence-corrected chi connectivity index (χ1v) is 6.37. The second-order valence-electron chi connectivity index (χ2n) is 4.69. The number of rotatable bonds is 5. The van der Waals surface area contributed by atoms with Crippen LogP contribution in [0.4, 0.5) is 20.2 Å². The lowest BCUT2D eigenvalue weighted by Crippen LogP contribution is -2.09. The average molecular weight is 306 g/mol. The van der Waals surface area contributed by atoms with E-state index in [1.54, 1.807) is 6.92 Å². The Morgan fingerprint density at radius 1 is 1.18 bits per heavy atom. The smallest absolute Gasteiger partial charge is 0.293 e. The van der Waals surface area contributed by atoms with Crippen molar-refractivity contribution in [2.24, 2.45) is 0 Å². The van der Waals surface area contributed by atoms with Crippen LogP contribution in [0, 0.1) is 21.7 Å². The minimum absolute atomic E-state index is 0.178. The minimum Gasteiger partial charge on any atom is -0.373 e. The molecule has 1 N–H and O–H groups in total. The number of nitro groups is 1. The van der Waals surface area contributed by atoms with E-state index in [1.165, 1.54) is 18.2 Å². The molecule has 0 aliphatic heterocycles. The van der Waals surface area contributed by atoms with E-state index < -0.39 is 22.6 Å². The molecule has 0 fully saturated rings. The molecule has 0 spiro atoms. The van der Waals surface area contributed by atoms with Gasteiger partial charge < -0.3 is 5.32 Å². The molecule has 2 rings (SSSR count). The van der Waals surface area contributed by atoms with E-state index in [1.807, 2.05) is 0 Å². The van der Waals surface area contributed by atoms with Crippen molar-refractivity contribution in [1.29, 1.82) is 0 Å². The van der Waals surface area contributed by atoms with E-state index in [2.05, 4.69) is 5.32 Å². The molecule has 1 atom stereocenters. The Morgan fingerprint density at radius 2 is 1.91 bits per heavy atom. The zero-order valence-electron chi connectivity index (χ0n) is 11.5. The molecular weight excluding hydrogens is 294 g/mol. The molecule has 2 aromatic rings. The standard InChI is InChI=1S/C15H12F2N2O3/c1-9(11-3-4-12(16)13(17)7-11)18-14-5-2-10(8-20)6-15(14)19(21)22/h2-9,18H,1H3/t9-/m1/s1. The Balaban J connectivity index is 2.31. The van der Waals surface area contributed by atoms with Crippen LogP contribution in [-0.4, -0.2) is 11.2 Å². The predicted molar refractivity (Wildman–Crippen MR) is 76.9 cm³/mol. The summed E-state index contributed by atoms with van der Waals surface area (Å²) in [5, 5.41) is 13.9. The van der Waals surface area contributed by atoms with Crippen LogP contribution in [-0.2, 0) is 0 Å². The summed E-state index contributed by atoms with van der Waals surface area (Å²) in [6, 6.07) is 6.90. The Kier molecular flexibility index (Phi) is 4.45. The van der Waals surface area contributed by atoms with Gasteiger partial charge in [0.15, 0.2) is 11.6 Å². The van der Waals surface area contributed by atoms with Gasteiger partial charge in [-0.15, -0.1) is 0 Å². The van der Waals surface area contributed by atoms with Crippen LogP contribution in [0.5, 0.6) is 0 Å². The number of hydrogen-bond donors (Lipinski definition) is 1. The van der Waals surface area contributed by atoms with Crippen molar-refractivity contribution < 1.29 is 18.5 Å². The second-order valence-corrected chi connectivity index (χ2v) is 4.69. The largest absolute Gasteiger partial charge is 0.373 e. The summed E-state index contributed by atoms with van der Waals surface area (Å²) < 4.78 is 26.2. The molecule has 0 aliphatic carbocycles. The molecule has 5 nitrogen and oxygen atoms in total. The summed E-state index contributed by atoms with van der Waals surface area (Å²) in [5.74, 6) is -1.95. The number of benzene rings is 2. The third-order valence-corrected chi connectivity index (χ3v) is 3.17. The van der Waals surface area contributed by atoms with Crippen LogP contribution in [0.3, 0.4) is 0 Å². The van der Waals surface area contributed by atoms with Gasteiger partial charge in [-0.25, -0.2) is 8.78 Å². The molecule has 7 heteroatoms. The van der Waals surface area contributed by atoms with Crippen LogP contribution in [0.2, 0.25) is 0 Å². The molecule has 2 aromatic carbocycles. The van der Waals surface area contributed by atoms with Gasteiger partial charge in [0, 0.05) is 17.7 Å². The number of carbonyl (C=O) groups excluding carboxylic acids is 1. The molecule has 0 radical (unpaired) electrons. The van der Waals surface area contributed by atoms with Gasteiger partial charge in [-0.05, 0) is 36.8 Å². The Hall–Kier alpha value is -2.83. The average Bonchev–Trinajstić information content (AvgIpc) is 2.50. The van der Waals surface area contributed by atoms with E-state index >= 15 is 0 Å². The van der Waals surface area contributed by atoms with E-state index in [0.29, 0.717) is 11.8 Å². The van der Waals surface area contributed by atoms with Crippen molar-refractivity contribution in [3.8, 4) is 0 Å². The number of nitro benzene ring substituents is 1. The quantitative estimate of drug-likeness (QED) is 0.517. The topological polar surface area (TPSA) is 72.2 Å². The molecule has 0 saturated carbocycles. The monoisotopic (exact) mass is 306 g/mol. The summed E-state index contributed by atoms with van der Waals surface area (Å²) in [4.78, 5) is 21.1. The van der Waals surface area contributed by atoms with Crippen molar-refractivity contribution >= 4 is 17.7 Å². The molecule has 0 saturated heterocycles. The van der Waals surface area contributed by atoms with Crippen LogP contribution < -0.4 is 5.32 Å². The van der Waals surface area contributed by atoms with Gasteiger partial charge in [0.25, 0.3) is 5.69 Å². The van der Waals surface area contributed by atoms with Crippen LogP contribution in [0.1, 0.15) is 28.9 Å². The molecule has 0 aromatic heterocycles. The second kappa shape index (κ2) is 6.30. The van der Waals surface area contributed by atoms with Crippen LogP contribution in [0.15, 0.2) is 36.4 Å². The van der Waals surface area contributed by atoms with Gasteiger partial charge in [0.05, 0.1) is 4.92 Å². The van der Waals surface area contributed by atoms with Gasteiger partial charge in [0.2, 0.25) is 0 Å². The lowest BCUT2D eigenvalue weighted by molar-refractivity contribution is -0.384. The Labute approximate surface area is 124 Å². The molecule has 22 heavy (non-hydrogen) atoms. The van der Waals surface area contributed by atoms with Gasteiger partial charge >= 0.3 is 0 Å². The van der Waals surface area contributed by atoms with Gasteiger partial charge in [-0.3, -0.25) is 14.9 Å². The Morgan fingerprint density at radius 3 is 2.50 bits per heavy atom.